The van der Waals surface area contributed by atoms with E-state index in [4.69, 9.17) is 0 Å². The van der Waals surface area contributed by atoms with Crippen LogP contribution in [0.5, 0.6) is 5.75 Å². The summed E-state index contributed by atoms with van der Waals surface area (Å²) < 4.78 is 2.00. The molecule has 0 saturated heterocycles. The minimum Gasteiger partial charge on any atom is -0.504 e. The van der Waals surface area contributed by atoms with Gasteiger partial charge in [-0.25, -0.2) is 0 Å². The highest BCUT2D eigenvalue weighted by atomic mass is 16.3. The van der Waals surface area contributed by atoms with E-state index in [1.807, 2.05) is 4.68 Å². The molecule has 0 unspecified atom stereocenters. The first kappa shape index (κ1) is 13.1. The van der Waals surface area contributed by atoms with Gasteiger partial charge in [0.05, 0.1) is 5.69 Å². The zero-order valence-electron chi connectivity index (χ0n) is 11.0. The molecule has 3 nitrogen and oxygen atoms in total. The van der Waals surface area contributed by atoms with Crippen molar-refractivity contribution in [1.29, 1.82) is 0 Å². The van der Waals surface area contributed by atoms with Gasteiger partial charge in [-0.15, -0.1) is 0 Å². The summed E-state index contributed by atoms with van der Waals surface area (Å²) in [5.74, 6) is 0.714. The molecule has 1 heterocycles. The second-order valence-electron chi connectivity index (χ2n) is 4.66. The smallest absolute Gasteiger partial charge is 0.160 e. The molecule has 0 aliphatic heterocycles. The largest absolute Gasteiger partial charge is 0.504 e. The van der Waals surface area contributed by atoms with E-state index >= 15 is 0 Å². The van der Waals surface area contributed by atoms with Crippen molar-refractivity contribution in [3.63, 3.8) is 0 Å². The predicted molar refractivity (Wildman–Crippen MR) is 66.9 cm³/mol. The van der Waals surface area contributed by atoms with Crippen molar-refractivity contribution in [2.24, 2.45) is 0 Å². The molecule has 0 atom stereocenters. The van der Waals surface area contributed by atoms with Crippen LogP contribution < -0.4 is 0 Å². The van der Waals surface area contributed by atoms with Crippen molar-refractivity contribution >= 4 is 0 Å². The van der Waals surface area contributed by atoms with Crippen molar-refractivity contribution in [3.8, 4) is 5.75 Å². The first-order valence-electron chi connectivity index (χ1n) is 6.40. The van der Waals surface area contributed by atoms with Gasteiger partial charge in [-0.3, -0.25) is 4.68 Å². The van der Waals surface area contributed by atoms with Gasteiger partial charge in [-0.2, -0.15) is 5.10 Å². The lowest BCUT2D eigenvalue weighted by molar-refractivity contribution is 0.453. The Labute approximate surface area is 98.5 Å². The average Bonchev–Trinajstić information content (AvgIpc) is 2.55. The Bertz CT molecular complexity index is 329. The maximum absolute atomic E-state index is 10.1. The molecule has 0 aliphatic rings. The molecule has 1 aromatic rings. The lowest BCUT2D eigenvalue weighted by Gasteiger charge is -2.05. The van der Waals surface area contributed by atoms with Gasteiger partial charge in [0.25, 0.3) is 0 Å². The van der Waals surface area contributed by atoms with Crippen LogP contribution in [0.25, 0.3) is 0 Å². The van der Waals surface area contributed by atoms with E-state index in [2.05, 4.69) is 32.8 Å². The molecule has 0 radical (unpaired) electrons. The number of nitrogens with zero attached hydrogens (tertiary/aromatic N) is 2. The van der Waals surface area contributed by atoms with Crippen LogP contribution in [0.4, 0.5) is 0 Å². The van der Waals surface area contributed by atoms with Crippen LogP contribution in [-0.2, 0) is 13.0 Å². The van der Waals surface area contributed by atoms with Crippen LogP contribution in [0.1, 0.15) is 64.3 Å². The third-order valence-electron chi connectivity index (χ3n) is 2.81. The number of aromatic hydroxyl groups is 1. The lowest BCUT2D eigenvalue weighted by atomic mass is 10.1. The summed E-state index contributed by atoms with van der Waals surface area (Å²) in [7, 11) is 0. The Morgan fingerprint density at radius 3 is 2.44 bits per heavy atom. The molecule has 0 saturated carbocycles. The molecule has 16 heavy (non-hydrogen) atoms. The second-order valence-corrected chi connectivity index (χ2v) is 4.66. The van der Waals surface area contributed by atoms with Crippen molar-refractivity contribution < 1.29 is 5.11 Å². The molecule has 0 fully saturated rings. The van der Waals surface area contributed by atoms with E-state index < -0.39 is 0 Å². The summed E-state index contributed by atoms with van der Waals surface area (Å²) in [5.41, 5.74) is 1.86. The van der Waals surface area contributed by atoms with Crippen molar-refractivity contribution in [1.82, 2.24) is 9.78 Å². The number of aryl methyl sites for hydroxylation is 1. The van der Waals surface area contributed by atoms with Gasteiger partial charge >= 0.3 is 0 Å². The Morgan fingerprint density at radius 2 is 1.94 bits per heavy atom. The maximum atomic E-state index is 10.1. The van der Waals surface area contributed by atoms with E-state index in [9.17, 15) is 5.11 Å². The van der Waals surface area contributed by atoms with Crippen molar-refractivity contribution in [2.45, 2.75) is 65.8 Å². The fourth-order valence-corrected chi connectivity index (χ4v) is 1.87. The first-order valence-corrected chi connectivity index (χ1v) is 6.40. The number of aromatic nitrogens is 2. The second kappa shape index (κ2) is 5.92. The number of hydrogen-bond acceptors (Lipinski definition) is 2. The Hall–Kier alpha value is -0.990. The number of hydrogen-bond donors (Lipinski definition) is 1. The molecule has 1 rings (SSSR count). The Kier molecular flexibility index (Phi) is 4.84. The fourth-order valence-electron chi connectivity index (χ4n) is 1.87. The van der Waals surface area contributed by atoms with Gasteiger partial charge in [-0.1, -0.05) is 40.5 Å². The highest BCUT2D eigenvalue weighted by molar-refractivity contribution is 5.34. The van der Waals surface area contributed by atoms with Gasteiger partial charge in [0.15, 0.2) is 5.75 Å². The summed E-state index contributed by atoms with van der Waals surface area (Å²) in [5, 5.41) is 14.7. The molecule has 0 amide bonds. The van der Waals surface area contributed by atoms with E-state index in [-0.39, 0.29) is 0 Å². The maximum Gasteiger partial charge on any atom is 0.160 e. The minimum absolute atomic E-state index is 0.290. The Balaban J connectivity index is 2.99. The highest BCUT2D eigenvalue weighted by Gasteiger charge is 2.18. The SMILES string of the molecule is CCCCn1nc(C(C)C)c(O)c1CCC. The summed E-state index contributed by atoms with van der Waals surface area (Å²) >= 11 is 0. The van der Waals surface area contributed by atoms with Crippen LogP contribution in [-0.4, -0.2) is 14.9 Å². The van der Waals surface area contributed by atoms with Gasteiger partial charge in [0.1, 0.15) is 5.69 Å². The molecule has 1 N–H and O–H groups in total. The third-order valence-corrected chi connectivity index (χ3v) is 2.81. The third kappa shape index (κ3) is 2.77. The molecule has 92 valence electrons. The van der Waals surface area contributed by atoms with Gasteiger partial charge in [-0.05, 0) is 12.8 Å². The first-order chi connectivity index (χ1) is 7.61. The van der Waals surface area contributed by atoms with E-state index in [1.165, 1.54) is 0 Å². The van der Waals surface area contributed by atoms with E-state index in [1.54, 1.807) is 0 Å². The molecule has 1 aromatic heterocycles. The normalized spacial score (nSPS) is 11.3. The zero-order valence-corrected chi connectivity index (χ0v) is 11.0. The zero-order chi connectivity index (χ0) is 12.1. The quantitative estimate of drug-likeness (QED) is 0.803. The van der Waals surface area contributed by atoms with Gasteiger partial charge in [0.2, 0.25) is 0 Å². The minimum atomic E-state index is 0.290. The molecule has 0 bridgehead atoms. The van der Waals surface area contributed by atoms with E-state index in [0.717, 1.165) is 43.6 Å². The summed E-state index contributed by atoms with van der Waals surface area (Å²) in [6.07, 6.45) is 4.23. The van der Waals surface area contributed by atoms with Gasteiger partial charge in [0, 0.05) is 12.5 Å². The Morgan fingerprint density at radius 1 is 1.25 bits per heavy atom. The average molecular weight is 224 g/mol. The van der Waals surface area contributed by atoms with Crippen molar-refractivity contribution in [2.75, 3.05) is 0 Å². The molecular formula is C13H24N2O. The molecule has 3 heteroatoms. The molecule has 0 spiro atoms. The summed E-state index contributed by atoms with van der Waals surface area (Å²) in [6.45, 7) is 9.37. The topological polar surface area (TPSA) is 38.0 Å². The number of rotatable bonds is 6. The molecular weight excluding hydrogens is 200 g/mol. The molecule has 0 aliphatic carbocycles. The fraction of sp³-hybridized carbons (Fsp3) is 0.769. The van der Waals surface area contributed by atoms with Gasteiger partial charge < -0.3 is 5.11 Å². The predicted octanol–water partition coefficient (Wildman–Crippen LogP) is 3.46. The van der Waals surface area contributed by atoms with Crippen molar-refractivity contribution in [3.05, 3.63) is 11.4 Å². The summed E-state index contributed by atoms with van der Waals surface area (Å²) in [4.78, 5) is 0. The van der Waals surface area contributed by atoms with Crippen LogP contribution in [0, 0.1) is 0 Å². The summed E-state index contributed by atoms with van der Waals surface area (Å²) in [6, 6.07) is 0. The van der Waals surface area contributed by atoms with Crippen LogP contribution in [0.3, 0.4) is 0 Å². The van der Waals surface area contributed by atoms with Crippen LogP contribution in [0.2, 0.25) is 0 Å². The van der Waals surface area contributed by atoms with E-state index in [0.29, 0.717) is 11.7 Å². The lowest BCUT2D eigenvalue weighted by Crippen LogP contribution is -2.05. The van der Waals surface area contributed by atoms with Crippen LogP contribution >= 0.6 is 0 Å². The monoisotopic (exact) mass is 224 g/mol. The highest BCUT2D eigenvalue weighted by Crippen LogP contribution is 2.29. The molecule has 0 aromatic carbocycles. The van der Waals surface area contributed by atoms with Crippen LogP contribution in [0.15, 0.2) is 0 Å². The number of unbranched alkanes of at least 4 members (excludes halogenated alkanes) is 1. The standard InChI is InChI=1S/C13H24N2O/c1-5-7-9-15-11(8-6-2)13(16)12(14-15)10(3)4/h10,16H,5-9H2,1-4H3.